The van der Waals surface area contributed by atoms with E-state index in [0.29, 0.717) is 42.8 Å². The summed E-state index contributed by atoms with van der Waals surface area (Å²) in [4.78, 5) is 14.8. The molecule has 4 rings (SSSR count). The average molecular weight is 407 g/mol. The maximum Gasteiger partial charge on any atom is 0.316 e. The topological polar surface area (TPSA) is 75.5 Å². The lowest BCUT2D eigenvalue weighted by Crippen LogP contribution is -2.48. The smallest absolute Gasteiger partial charge is 0.316 e. The number of ether oxygens (including phenoxy) is 1. The Bertz CT molecular complexity index is 1060. The standard InChI is InChI=1S/C23H22FN3O3/c1-30-22(29)23(18-7-3-4-8-19(18)24)10-12-27(13-11-23)16-14-20(26-25-15-16)17-6-2-5-9-21(17)28/h2-9,14-15,28H,10-13H2,1H3. The SMILES string of the molecule is COC(=O)C1(c2ccccc2F)CCN(c2cnnc(-c3ccccc3O)c2)CC1. The van der Waals surface area contributed by atoms with Crippen LogP contribution < -0.4 is 4.90 Å². The van der Waals surface area contributed by atoms with Crippen LogP contribution in [-0.4, -0.2) is 41.5 Å². The van der Waals surface area contributed by atoms with Gasteiger partial charge in [0.15, 0.2) is 0 Å². The minimum absolute atomic E-state index is 0.131. The van der Waals surface area contributed by atoms with Gasteiger partial charge in [-0.2, -0.15) is 10.2 Å². The van der Waals surface area contributed by atoms with Gasteiger partial charge in [0.05, 0.1) is 30.1 Å². The molecule has 1 aromatic heterocycles. The number of benzene rings is 2. The van der Waals surface area contributed by atoms with E-state index < -0.39 is 17.2 Å². The molecule has 1 saturated heterocycles. The molecule has 0 saturated carbocycles. The van der Waals surface area contributed by atoms with Crippen LogP contribution in [0.1, 0.15) is 18.4 Å². The van der Waals surface area contributed by atoms with Gasteiger partial charge in [-0.25, -0.2) is 4.39 Å². The van der Waals surface area contributed by atoms with Crippen LogP contribution in [0.2, 0.25) is 0 Å². The van der Waals surface area contributed by atoms with Crippen LogP contribution in [0.5, 0.6) is 5.75 Å². The zero-order chi connectivity index (χ0) is 21.1. The number of carbonyl (C=O) groups excluding carboxylic acids is 1. The van der Waals surface area contributed by atoms with E-state index in [4.69, 9.17) is 4.74 Å². The Labute approximate surface area is 173 Å². The maximum atomic E-state index is 14.6. The predicted octanol–water partition coefficient (Wildman–Crippen LogP) is 3.70. The Morgan fingerprint density at radius 2 is 1.83 bits per heavy atom. The minimum atomic E-state index is -1.02. The van der Waals surface area contributed by atoms with Crippen molar-refractivity contribution in [3.63, 3.8) is 0 Å². The first-order chi connectivity index (χ1) is 14.5. The molecule has 1 N–H and O–H groups in total. The van der Waals surface area contributed by atoms with Crippen molar-refractivity contribution >= 4 is 11.7 Å². The molecule has 0 amide bonds. The normalized spacial score (nSPS) is 15.6. The number of nitrogens with zero attached hydrogens (tertiary/aromatic N) is 3. The molecule has 1 aliphatic heterocycles. The number of rotatable bonds is 4. The molecule has 1 fully saturated rings. The van der Waals surface area contributed by atoms with Crippen molar-refractivity contribution in [2.75, 3.05) is 25.1 Å². The highest BCUT2D eigenvalue weighted by atomic mass is 19.1. The van der Waals surface area contributed by atoms with Crippen LogP contribution >= 0.6 is 0 Å². The van der Waals surface area contributed by atoms with Gasteiger partial charge in [-0.05, 0) is 37.1 Å². The summed E-state index contributed by atoms with van der Waals surface area (Å²) >= 11 is 0. The summed E-state index contributed by atoms with van der Waals surface area (Å²) in [6, 6.07) is 15.2. The average Bonchev–Trinajstić information content (AvgIpc) is 2.79. The van der Waals surface area contributed by atoms with E-state index in [9.17, 15) is 14.3 Å². The monoisotopic (exact) mass is 407 g/mol. The lowest BCUT2D eigenvalue weighted by atomic mass is 9.72. The molecule has 2 aromatic carbocycles. The van der Waals surface area contributed by atoms with Crippen LogP contribution in [0.15, 0.2) is 60.8 Å². The third kappa shape index (κ3) is 3.47. The quantitative estimate of drug-likeness (QED) is 0.665. The highest BCUT2D eigenvalue weighted by molar-refractivity contribution is 5.84. The van der Waals surface area contributed by atoms with Gasteiger partial charge in [0.2, 0.25) is 0 Å². The number of para-hydroxylation sites is 1. The summed E-state index contributed by atoms with van der Waals surface area (Å²) in [6.45, 7) is 1.05. The molecule has 0 radical (unpaired) electrons. The second-order valence-electron chi connectivity index (χ2n) is 7.36. The maximum absolute atomic E-state index is 14.6. The molecule has 0 bridgehead atoms. The molecule has 2 heterocycles. The largest absolute Gasteiger partial charge is 0.507 e. The Morgan fingerprint density at radius 3 is 2.53 bits per heavy atom. The molecule has 0 atom stereocenters. The van der Waals surface area contributed by atoms with E-state index in [-0.39, 0.29) is 5.75 Å². The third-order valence-electron chi connectivity index (χ3n) is 5.77. The number of aromatic hydroxyl groups is 1. The van der Waals surface area contributed by atoms with Crippen LogP contribution in [0.25, 0.3) is 11.3 Å². The van der Waals surface area contributed by atoms with Gasteiger partial charge in [-0.15, -0.1) is 0 Å². The number of anilines is 1. The van der Waals surface area contributed by atoms with E-state index in [2.05, 4.69) is 15.1 Å². The Hall–Kier alpha value is -3.48. The summed E-state index contributed by atoms with van der Waals surface area (Å²) in [7, 11) is 1.34. The Morgan fingerprint density at radius 1 is 1.13 bits per heavy atom. The Balaban J connectivity index is 1.61. The van der Waals surface area contributed by atoms with E-state index in [1.807, 2.05) is 12.1 Å². The first kappa shape index (κ1) is 19.8. The number of aromatic nitrogens is 2. The molecular formula is C23H22FN3O3. The van der Waals surface area contributed by atoms with Crippen molar-refractivity contribution in [2.24, 2.45) is 0 Å². The first-order valence-electron chi connectivity index (χ1n) is 9.74. The number of methoxy groups -OCH3 is 1. The van der Waals surface area contributed by atoms with Crippen molar-refractivity contribution in [2.45, 2.75) is 18.3 Å². The molecule has 1 aliphatic rings. The molecule has 6 nitrogen and oxygen atoms in total. The fourth-order valence-corrected chi connectivity index (χ4v) is 4.13. The van der Waals surface area contributed by atoms with E-state index in [1.165, 1.54) is 13.2 Å². The zero-order valence-corrected chi connectivity index (χ0v) is 16.6. The number of piperidine rings is 1. The summed E-state index contributed by atoms with van der Waals surface area (Å²) in [6.07, 6.45) is 2.47. The highest BCUT2D eigenvalue weighted by Gasteiger charge is 2.45. The second kappa shape index (κ2) is 8.10. The number of halogens is 1. The number of esters is 1. The van der Waals surface area contributed by atoms with Crippen molar-refractivity contribution in [3.8, 4) is 17.0 Å². The summed E-state index contributed by atoms with van der Waals surface area (Å²) in [5, 5.41) is 18.3. The third-order valence-corrected chi connectivity index (χ3v) is 5.77. The van der Waals surface area contributed by atoms with Crippen molar-refractivity contribution in [1.82, 2.24) is 10.2 Å². The van der Waals surface area contributed by atoms with Crippen LogP contribution in [0, 0.1) is 5.82 Å². The fraction of sp³-hybridized carbons (Fsp3) is 0.261. The van der Waals surface area contributed by atoms with E-state index in [0.717, 1.165) is 5.69 Å². The van der Waals surface area contributed by atoms with Gasteiger partial charge in [-0.1, -0.05) is 30.3 Å². The molecule has 3 aromatic rings. The molecule has 0 aliphatic carbocycles. The van der Waals surface area contributed by atoms with Crippen LogP contribution in [-0.2, 0) is 14.9 Å². The molecule has 0 unspecified atom stereocenters. The number of hydrogen-bond acceptors (Lipinski definition) is 6. The van der Waals surface area contributed by atoms with Crippen molar-refractivity contribution in [3.05, 3.63) is 72.2 Å². The van der Waals surface area contributed by atoms with Gasteiger partial charge in [0.25, 0.3) is 0 Å². The summed E-state index contributed by atoms with van der Waals surface area (Å²) in [5.41, 5.74) is 1.34. The Kier molecular flexibility index (Phi) is 5.35. The minimum Gasteiger partial charge on any atom is -0.507 e. The molecule has 0 spiro atoms. The van der Waals surface area contributed by atoms with Gasteiger partial charge in [0.1, 0.15) is 11.6 Å². The summed E-state index contributed by atoms with van der Waals surface area (Å²) < 4.78 is 19.6. The lowest BCUT2D eigenvalue weighted by Gasteiger charge is -2.41. The number of phenols is 1. The van der Waals surface area contributed by atoms with Crippen molar-refractivity contribution < 1.29 is 19.0 Å². The molecule has 154 valence electrons. The van der Waals surface area contributed by atoms with Gasteiger partial charge >= 0.3 is 5.97 Å². The van der Waals surface area contributed by atoms with Crippen LogP contribution in [0.3, 0.4) is 0 Å². The van der Waals surface area contributed by atoms with Crippen LogP contribution in [0.4, 0.5) is 10.1 Å². The fourth-order valence-electron chi connectivity index (χ4n) is 4.13. The van der Waals surface area contributed by atoms with Gasteiger partial charge in [-0.3, -0.25) is 4.79 Å². The van der Waals surface area contributed by atoms with Gasteiger partial charge < -0.3 is 14.7 Å². The first-order valence-corrected chi connectivity index (χ1v) is 9.74. The number of carbonyl (C=O) groups is 1. The number of phenolic OH excluding ortho intramolecular Hbond substituents is 1. The number of hydrogen-bond donors (Lipinski definition) is 1. The van der Waals surface area contributed by atoms with E-state index in [1.54, 1.807) is 42.6 Å². The molecular weight excluding hydrogens is 385 g/mol. The van der Waals surface area contributed by atoms with Crippen molar-refractivity contribution in [1.29, 1.82) is 0 Å². The van der Waals surface area contributed by atoms with Gasteiger partial charge in [0, 0.05) is 24.2 Å². The summed E-state index contributed by atoms with van der Waals surface area (Å²) in [5.74, 6) is -0.689. The molecule has 7 heteroatoms. The second-order valence-corrected chi connectivity index (χ2v) is 7.36. The molecule has 30 heavy (non-hydrogen) atoms. The lowest BCUT2D eigenvalue weighted by molar-refractivity contribution is -0.148. The predicted molar refractivity (Wildman–Crippen MR) is 111 cm³/mol. The zero-order valence-electron chi connectivity index (χ0n) is 16.6. The van der Waals surface area contributed by atoms with E-state index >= 15 is 0 Å². The highest BCUT2D eigenvalue weighted by Crippen LogP contribution is 2.39.